The summed E-state index contributed by atoms with van der Waals surface area (Å²) < 4.78 is 5.11. The van der Waals surface area contributed by atoms with Gasteiger partial charge in [-0.15, -0.1) is 0 Å². The molecule has 0 spiro atoms. The van der Waals surface area contributed by atoms with Crippen molar-refractivity contribution in [3.8, 4) is 0 Å². The fraction of sp³-hybridized carbons (Fsp3) is 1.00. The molecule has 3 heteroatoms. The van der Waals surface area contributed by atoms with Gasteiger partial charge in [0, 0.05) is 26.3 Å². The van der Waals surface area contributed by atoms with Crippen LogP contribution in [-0.4, -0.2) is 32.8 Å². The molecule has 16 heavy (non-hydrogen) atoms. The van der Waals surface area contributed by atoms with Crippen LogP contribution in [0.15, 0.2) is 0 Å². The Labute approximate surface area is 101 Å². The number of rotatable bonds is 10. The van der Waals surface area contributed by atoms with Gasteiger partial charge in [-0.3, -0.25) is 0 Å². The van der Waals surface area contributed by atoms with Gasteiger partial charge in [-0.1, -0.05) is 20.3 Å². The van der Waals surface area contributed by atoms with Gasteiger partial charge in [-0.05, 0) is 38.1 Å². The molecule has 0 bridgehead atoms. The van der Waals surface area contributed by atoms with Crippen LogP contribution in [0.1, 0.15) is 46.5 Å². The maximum Gasteiger partial charge on any atom is 0.0467 e. The minimum atomic E-state index is 0.331. The Hall–Kier alpha value is -0.120. The fourth-order valence-electron chi connectivity index (χ4n) is 1.61. The minimum Gasteiger partial charge on any atom is -0.385 e. The number of hydrogen-bond donors (Lipinski definition) is 2. The molecule has 0 aromatic rings. The predicted octanol–water partition coefficient (Wildman–Crippen LogP) is 2.16. The maximum atomic E-state index is 5.70. The highest BCUT2D eigenvalue weighted by Gasteiger charge is 2.16. The molecule has 0 amide bonds. The summed E-state index contributed by atoms with van der Waals surface area (Å²) in [6.45, 7) is 9.64. The number of unbranched alkanes of at least 4 members (excludes halogenated alkanes) is 1. The topological polar surface area (TPSA) is 47.3 Å². The normalized spacial score (nSPS) is 14.1. The molecule has 98 valence electrons. The van der Waals surface area contributed by atoms with Crippen molar-refractivity contribution in [2.24, 2.45) is 11.1 Å². The second kappa shape index (κ2) is 8.97. The molecule has 0 aromatic carbocycles. The highest BCUT2D eigenvalue weighted by Crippen LogP contribution is 2.18. The zero-order valence-electron chi connectivity index (χ0n) is 11.5. The van der Waals surface area contributed by atoms with Crippen molar-refractivity contribution in [2.75, 3.05) is 26.8 Å². The first kappa shape index (κ1) is 15.9. The van der Waals surface area contributed by atoms with E-state index in [0.717, 1.165) is 32.5 Å². The van der Waals surface area contributed by atoms with E-state index in [4.69, 9.17) is 10.5 Å². The van der Waals surface area contributed by atoms with Crippen LogP contribution < -0.4 is 11.1 Å². The SMILES string of the molecule is COCCC(C)(C)CNCCCCC(C)N. The van der Waals surface area contributed by atoms with Crippen molar-refractivity contribution in [1.82, 2.24) is 5.32 Å². The number of nitrogens with two attached hydrogens (primary N) is 1. The molecule has 0 fully saturated rings. The quantitative estimate of drug-likeness (QED) is 0.565. The Morgan fingerprint density at radius 2 is 2.00 bits per heavy atom. The van der Waals surface area contributed by atoms with E-state index in [-0.39, 0.29) is 0 Å². The summed E-state index contributed by atoms with van der Waals surface area (Å²) >= 11 is 0. The average molecular weight is 230 g/mol. The highest BCUT2D eigenvalue weighted by atomic mass is 16.5. The van der Waals surface area contributed by atoms with Crippen molar-refractivity contribution in [1.29, 1.82) is 0 Å². The van der Waals surface area contributed by atoms with Crippen LogP contribution in [0, 0.1) is 5.41 Å². The van der Waals surface area contributed by atoms with Crippen LogP contribution in [0.2, 0.25) is 0 Å². The Balaban J connectivity index is 3.35. The second-order valence-electron chi connectivity index (χ2n) is 5.56. The molecular weight excluding hydrogens is 200 g/mol. The van der Waals surface area contributed by atoms with E-state index in [1.165, 1.54) is 12.8 Å². The van der Waals surface area contributed by atoms with Crippen LogP contribution in [0.5, 0.6) is 0 Å². The van der Waals surface area contributed by atoms with Gasteiger partial charge >= 0.3 is 0 Å². The van der Waals surface area contributed by atoms with Gasteiger partial charge in [-0.25, -0.2) is 0 Å². The standard InChI is InChI=1S/C13H30N2O/c1-12(14)7-5-6-9-15-11-13(2,3)8-10-16-4/h12,15H,5-11,14H2,1-4H3. The van der Waals surface area contributed by atoms with E-state index in [9.17, 15) is 0 Å². The molecule has 0 rings (SSSR count). The Kier molecular flexibility index (Phi) is 8.90. The number of methoxy groups -OCH3 is 1. The molecule has 0 radical (unpaired) electrons. The van der Waals surface area contributed by atoms with Crippen LogP contribution in [0.3, 0.4) is 0 Å². The zero-order valence-corrected chi connectivity index (χ0v) is 11.5. The number of nitrogens with one attached hydrogen (secondary N) is 1. The van der Waals surface area contributed by atoms with Gasteiger partial charge in [0.2, 0.25) is 0 Å². The largest absolute Gasteiger partial charge is 0.385 e. The van der Waals surface area contributed by atoms with Crippen LogP contribution >= 0.6 is 0 Å². The maximum absolute atomic E-state index is 5.70. The van der Waals surface area contributed by atoms with Crippen LogP contribution in [0.25, 0.3) is 0 Å². The first-order valence-electron chi connectivity index (χ1n) is 6.43. The summed E-state index contributed by atoms with van der Waals surface area (Å²) in [5, 5.41) is 3.51. The lowest BCUT2D eigenvalue weighted by Gasteiger charge is -2.24. The van der Waals surface area contributed by atoms with E-state index >= 15 is 0 Å². The van der Waals surface area contributed by atoms with Crippen molar-refractivity contribution in [2.45, 2.75) is 52.5 Å². The summed E-state index contributed by atoms with van der Waals surface area (Å²) in [4.78, 5) is 0. The summed E-state index contributed by atoms with van der Waals surface area (Å²) in [6, 6.07) is 0.346. The lowest BCUT2D eigenvalue weighted by molar-refractivity contribution is 0.151. The van der Waals surface area contributed by atoms with Gasteiger partial charge in [0.1, 0.15) is 0 Å². The Morgan fingerprint density at radius 3 is 2.56 bits per heavy atom. The van der Waals surface area contributed by atoms with Crippen LogP contribution in [0.4, 0.5) is 0 Å². The zero-order chi connectivity index (χ0) is 12.4. The molecule has 1 atom stereocenters. The van der Waals surface area contributed by atoms with E-state index < -0.39 is 0 Å². The number of hydrogen-bond acceptors (Lipinski definition) is 3. The second-order valence-corrected chi connectivity index (χ2v) is 5.56. The third-order valence-corrected chi connectivity index (χ3v) is 2.85. The first-order chi connectivity index (χ1) is 7.48. The molecule has 1 unspecified atom stereocenters. The molecule has 0 aromatic heterocycles. The van der Waals surface area contributed by atoms with Gasteiger partial charge in [0.15, 0.2) is 0 Å². The molecule has 0 heterocycles. The van der Waals surface area contributed by atoms with Crippen molar-refractivity contribution in [3.05, 3.63) is 0 Å². The van der Waals surface area contributed by atoms with Crippen molar-refractivity contribution < 1.29 is 4.74 Å². The smallest absolute Gasteiger partial charge is 0.0467 e. The summed E-state index contributed by atoms with van der Waals surface area (Å²) in [7, 11) is 1.76. The van der Waals surface area contributed by atoms with Gasteiger partial charge in [0.25, 0.3) is 0 Å². The molecular formula is C13H30N2O. The predicted molar refractivity (Wildman–Crippen MR) is 70.6 cm³/mol. The first-order valence-corrected chi connectivity index (χ1v) is 6.43. The third kappa shape index (κ3) is 10.4. The minimum absolute atomic E-state index is 0.331. The molecule has 0 aliphatic rings. The van der Waals surface area contributed by atoms with Gasteiger partial charge < -0.3 is 15.8 Å². The molecule has 3 nitrogen and oxygen atoms in total. The van der Waals surface area contributed by atoms with E-state index in [2.05, 4.69) is 26.1 Å². The monoisotopic (exact) mass is 230 g/mol. The van der Waals surface area contributed by atoms with Gasteiger partial charge in [0.05, 0.1) is 0 Å². The van der Waals surface area contributed by atoms with Crippen LogP contribution in [-0.2, 0) is 4.74 Å². The Bertz CT molecular complexity index is 158. The van der Waals surface area contributed by atoms with Crippen molar-refractivity contribution in [3.63, 3.8) is 0 Å². The summed E-state index contributed by atoms with van der Waals surface area (Å²) in [5.41, 5.74) is 6.03. The lowest BCUT2D eigenvalue weighted by Crippen LogP contribution is -2.31. The third-order valence-electron chi connectivity index (χ3n) is 2.85. The lowest BCUT2D eigenvalue weighted by atomic mass is 9.90. The van der Waals surface area contributed by atoms with Crippen molar-refractivity contribution >= 4 is 0 Å². The number of ether oxygens (including phenoxy) is 1. The molecule has 0 saturated heterocycles. The van der Waals surface area contributed by atoms with E-state index in [1.54, 1.807) is 7.11 Å². The summed E-state index contributed by atoms with van der Waals surface area (Å²) in [6.07, 6.45) is 4.69. The average Bonchev–Trinajstić information content (AvgIpc) is 2.20. The molecule has 0 aliphatic carbocycles. The van der Waals surface area contributed by atoms with Gasteiger partial charge in [-0.2, -0.15) is 0 Å². The molecule has 0 aliphatic heterocycles. The van der Waals surface area contributed by atoms with E-state index in [0.29, 0.717) is 11.5 Å². The highest BCUT2D eigenvalue weighted by molar-refractivity contribution is 4.71. The molecule has 0 saturated carbocycles. The molecule has 3 N–H and O–H groups in total. The van der Waals surface area contributed by atoms with E-state index in [1.807, 2.05) is 0 Å². The summed E-state index contributed by atoms with van der Waals surface area (Å²) in [5.74, 6) is 0. The fourth-order valence-corrected chi connectivity index (χ4v) is 1.61. The Morgan fingerprint density at radius 1 is 1.31 bits per heavy atom.